The third-order valence-electron chi connectivity index (χ3n) is 4.45. The van der Waals surface area contributed by atoms with Crippen molar-refractivity contribution in [3.8, 4) is 11.5 Å². The van der Waals surface area contributed by atoms with Crippen molar-refractivity contribution in [1.29, 1.82) is 0 Å². The minimum Gasteiger partial charge on any atom is -0.497 e. The van der Waals surface area contributed by atoms with E-state index in [9.17, 15) is 9.59 Å². The van der Waals surface area contributed by atoms with E-state index in [2.05, 4.69) is 0 Å². The third-order valence-corrected chi connectivity index (χ3v) is 4.45. The number of nitrogens with zero attached hydrogens (tertiary/aromatic N) is 1. The molecule has 1 aliphatic heterocycles. The highest BCUT2D eigenvalue weighted by atomic mass is 16.5. The molecule has 136 valence electrons. The summed E-state index contributed by atoms with van der Waals surface area (Å²) in [6.07, 6.45) is 0.316. The van der Waals surface area contributed by atoms with Crippen LogP contribution in [0.5, 0.6) is 11.5 Å². The minimum atomic E-state index is -0.651. The van der Waals surface area contributed by atoms with Crippen molar-refractivity contribution in [2.45, 2.75) is 25.0 Å². The lowest BCUT2D eigenvalue weighted by Gasteiger charge is -2.22. The zero-order chi connectivity index (χ0) is 18.5. The average molecular weight is 354 g/mol. The lowest BCUT2D eigenvalue weighted by Crippen LogP contribution is -2.44. The third kappa shape index (κ3) is 4.14. The highest BCUT2D eigenvalue weighted by molar-refractivity contribution is 5.88. The van der Waals surface area contributed by atoms with E-state index in [1.165, 1.54) is 4.90 Å². The summed E-state index contributed by atoms with van der Waals surface area (Å²) < 4.78 is 11.1. The van der Waals surface area contributed by atoms with Gasteiger partial charge in [-0.1, -0.05) is 30.3 Å². The lowest BCUT2D eigenvalue weighted by atomic mass is 10.1. The Kier molecular flexibility index (Phi) is 5.41. The van der Waals surface area contributed by atoms with Crippen molar-refractivity contribution in [3.63, 3.8) is 0 Å². The van der Waals surface area contributed by atoms with Gasteiger partial charge in [0.25, 0.3) is 0 Å². The van der Waals surface area contributed by atoms with Crippen LogP contribution in [0, 0.1) is 0 Å². The van der Waals surface area contributed by atoms with Gasteiger partial charge in [0.15, 0.2) is 0 Å². The highest BCUT2D eigenvalue weighted by Crippen LogP contribution is 2.24. The molecule has 0 aliphatic carbocycles. The largest absolute Gasteiger partial charge is 0.497 e. The van der Waals surface area contributed by atoms with E-state index in [0.29, 0.717) is 24.5 Å². The molecule has 0 saturated carbocycles. The number of likely N-dealkylation sites (tertiary alicyclic amines) is 1. The van der Waals surface area contributed by atoms with E-state index >= 15 is 0 Å². The Balaban J connectivity index is 1.69. The second-order valence-corrected chi connectivity index (χ2v) is 6.28. The Hall–Kier alpha value is -3.02. The number of amides is 2. The van der Waals surface area contributed by atoms with Crippen LogP contribution in [0.4, 0.5) is 0 Å². The van der Waals surface area contributed by atoms with Crippen molar-refractivity contribution in [2.24, 2.45) is 5.73 Å². The van der Waals surface area contributed by atoms with Crippen LogP contribution in [-0.4, -0.2) is 42.5 Å². The van der Waals surface area contributed by atoms with Gasteiger partial charge >= 0.3 is 0 Å². The molecule has 0 radical (unpaired) electrons. The number of hydrogen-bond donors (Lipinski definition) is 1. The van der Waals surface area contributed by atoms with Crippen molar-refractivity contribution in [3.05, 3.63) is 60.2 Å². The molecular formula is C20H22N2O4. The van der Waals surface area contributed by atoms with Crippen molar-refractivity contribution in [2.75, 3.05) is 13.7 Å². The second kappa shape index (κ2) is 7.91. The first-order chi connectivity index (χ1) is 12.6. The van der Waals surface area contributed by atoms with Crippen molar-refractivity contribution >= 4 is 11.8 Å². The number of rotatable bonds is 6. The first kappa shape index (κ1) is 17.8. The Morgan fingerprint density at radius 1 is 1.12 bits per heavy atom. The molecule has 1 aliphatic rings. The summed E-state index contributed by atoms with van der Waals surface area (Å²) in [6, 6.07) is 16.0. The number of carbonyl (C=O) groups excluding carboxylic acids is 2. The van der Waals surface area contributed by atoms with Crippen LogP contribution in [0.1, 0.15) is 12.0 Å². The molecule has 1 saturated heterocycles. The summed E-state index contributed by atoms with van der Waals surface area (Å²) >= 11 is 0. The van der Waals surface area contributed by atoms with Crippen LogP contribution in [0.3, 0.4) is 0 Å². The standard InChI is InChI=1S/C20H22N2O4/c1-25-16-9-5-6-14(10-16)11-19(23)22-13-17(12-18(22)20(21)24)26-15-7-3-2-4-8-15/h2-10,17-18H,11-13H2,1H3,(H2,21,24). The average Bonchev–Trinajstić information content (AvgIpc) is 3.07. The maximum absolute atomic E-state index is 12.7. The van der Waals surface area contributed by atoms with Crippen LogP contribution < -0.4 is 15.2 Å². The van der Waals surface area contributed by atoms with Crippen LogP contribution in [0.15, 0.2) is 54.6 Å². The van der Waals surface area contributed by atoms with Gasteiger partial charge in [-0.05, 0) is 29.8 Å². The Morgan fingerprint density at radius 2 is 1.85 bits per heavy atom. The fourth-order valence-electron chi connectivity index (χ4n) is 3.18. The fourth-order valence-corrected chi connectivity index (χ4v) is 3.18. The molecule has 6 nitrogen and oxygen atoms in total. The normalized spacial score (nSPS) is 19.2. The van der Waals surface area contributed by atoms with Gasteiger partial charge in [-0.2, -0.15) is 0 Å². The van der Waals surface area contributed by atoms with E-state index in [4.69, 9.17) is 15.2 Å². The van der Waals surface area contributed by atoms with E-state index in [-0.39, 0.29) is 18.4 Å². The molecular weight excluding hydrogens is 332 g/mol. The van der Waals surface area contributed by atoms with Gasteiger partial charge in [-0.3, -0.25) is 9.59 Å². The van der Waals surface area contributed by atoms with E-state index < -0.39 is 11.9 Å². The Bertz CT molecular complexity index is 778. The number of carbonyl (C=O) groups is 2. The molecule has 6 heteroatoms. The molecule has 1 fully saturated rings. The van der Waals surface area contributed by atoms with E-state index in [0.717, 1.165) is 5.56 Å². The molecule has 1 heterocycles. The topological polar surface area (TPSA) is 81.9 Å². The van der Waals surface area contributed by atoms with Crippen LogP contribution >= 0.6 is 0 Å². The quantitative estimate of drug-likeness (QED) is 0.857. The SMILES string of the molecule is COc1cccc(CC(=O)N2CC(Oc3ccccc3)CC2C(N)=O)c1. The van der Waals surface area contributed by atoms with E-state index in [1.807, 2.05) is 54.6 Å². The van der Waals surface area contributed by atoms with Gasteiger partial charge in [0.05, 0.1) is 20.1 Å². The number of methoxy groups -OCH3 is 1. The van der Waals surface area contributed by atoms with Crippen molar-refractivity contribution < 1.29 is 19.1 Å². The van der Waals surface area contributed by atoms with E-state index in [1.54, 1.807) is 7.11 Å². The zero-order valence-corrected chi connectivity index (χ0v) is 14.6. The molecule has 26 heavy (non-hydrogen) atoms. The Morgan fingerprint density at radius 3 is 2.54 bits per heavy atom. The summed E-state index contributed by atoms with van der Waals surface area (Å²) in [6.45, 7) is 0.339. The number of para-hydroxylation sites is 1. The number of benzene rings is 2. The summed E-state index contributed by atoms with van der Waals surface area (Å²) in [5.74, 6) is 0.737. The highest BCUT2D eigenvalue weighted by Gasteiger charge is 2.39. The summed E-state index contributed by atoms with van der Waals surface area (Å²) in [5.41, 5.74) is 6.34. The summed E-state index contributed by atoms with van der Waals surface area (Å²) in [4.78, 5) is 26.1. The monoisotopic (exact) mass is 354 g/mol. The maximum atomic E-state index is 12.7. The molecule has 3 rings (SSSR count). The number of nitrogens with two attached hydrogens (primary N) is 1. The summed E-state index contributed by atoms with van der Waals surface area (Å²) in [5, 5.41) is 0. The molecule has 0 aromatic heterocycles. The van der Waals surface area contributed by atoms with Crippen LogP contribution in [0.2, 0.25) is 0 Å². The van der Waals surface area contributed by atoms with Gasteiger partial charge in [0.1, 0.15) is 23.6 Å². The van der Waals surface area contributed by atoms with Gasteiger partial charge in [-0.25, -0.2) is 0 Å². The first-order valence-electron chi connectivity index (χ1n) is 8.50. The van der Waals surface area contributed by atoms with Crippen molar-refractivity contribution in [1.82, 2.24) is 4.90 Å². The summed E-state index contributed by atoms with van der Waals surface area (Å²) in [7, 11) is 1.58. The predicted molar refractivity (Wildman–Crippen MR) is 96.9 cm³/mol. The van der Waals surface area contributed by atoms with Gasteiger partial charge in [0, 0.05) is 6.42 Å². The number of hydrogen-bond acceptors (Lipinski definition) is 4. The number of ether oxygens (including phenoxy) is 2. The molecule has 2 N–H and O–H groups in total. The molecule has 2 aromatic rings. The minimum absolute atomic E-state index is 0.152. The first-order valence-corrected chi connectivity index (χ1v) is 8.50. The Labute approximate surface area is 152 Å². The predicted octanol–water partition coefficient (Wildman–Crippen LogP) is 1.77. The zero-order valence-electron chi connectivity index (χ0n) is 14.6. The molecule has 2 amide bonds. The van der Waals surface area contributed by atoms with Crippen LogP contribution in [-0.2, 0) is 16.0 Å². The second-order valence-electron chi connectivity index (χ2n) is 6.28. The van der Waals surface area contributed by atoms with Gasteiger partial charge < -0.3 is 20.1 Å². The molecule has 2 aromatic carbocycles. The number of primary amides is 1. The van der Waals surface area contributed by atoms with Crippen LogP contribution in [0.25, 0.3) is 0 Å². The smallest absolute Gasteiger partial charge is 0.240 e. The molecule has 0 spiro atoms. The molecule has 2 atom stereocenters. The lowest BCUT2D eigenvalue weighted by molar-refractivity contribution is -0.136. The van der Waals surface area contributed by atoms with Gasteiger partial charge in [-0.15, -0.1) is 0 Å². The maximum Gasteiger partial charge on any atom is 0.240 e. The molecule has 0 bridgehead atoms. The molecule has 2 unspecified atom stereocenters. The van der Waals surface area contributed by atoms with Gasteiger partial charge in [0.2, 0.25) is 11.8 Å². The fraction of sp³-hybridized carbons (Fsp3) is 0.300.